The number of epoxide rings is 1. The van der Waals surface area contributed by atoms with Gasteiger partial charge in [-0.15, -0.1) is 0 Å². The predicted octanol–water partition coefficient (Wildman–Crippen LogP) is 5.03. The fraction of sp³-hybridized carbons (Fsp3) is 1.00. The van der Waals surface area contributed by atoms with E-state index in [0.717, 1.165) is 64.6 Å². The summed E-state index contributed by atoms with van der Waals surface area (Å²) in [5.41, 5.74) is 0. The summed E-state index contributed by atoms with van der Waals surface area (Å²) in [4.78, 5) is 11.5. The van der Waals surface area contributed by atoms with Crippen molar-refractivity contribution in [2.45, 2.75) is 201 Å². The van der Waals surface area contributed by atoms with Crippen LogP contribution in [0.2, 0.25) is 0 Å². The Kier molecular flexibility index (Phi) is 53.3. The molecule has 0 N–H and O–H groups in total. The van der Waals surface area contributed by atoms with Gasteiger partial charge in [-0.2, -0.15) is 0 Å². The Morgan fingerprint density at radius 2 is 0.729 bits per heavy atom. The first-order chi connectivity index (χ1) is 22.2. The molecule has 8 nitrogen and oxygen atoms in total. The fourth-order valence-corrected chi connectivity index (χ4v) is 6.32. The minimum atomic E-state index is -4.07. The Bertz CT molecular complexity index is 721. The third kappa shape index (κ3) is 60.1. The van der Waals surface area contributed by atoms with Crippen molar-refractivity contribution in [2.75, 3.05) is 32.2 Å². The summed E-state index contributed by atoms with van der Waals surface area (Å²) < 4.78 is 57.0. The van der Waals surface area contributed by atoms with Crippen LogP contribution in [-0.2, 0) is 28.5 Å². The van der Waals surface area contributed by atoms with Gasteiger partial charge < -0.3 is 23.2 Å². The number of hydrogen-bond donors (Lipinski definition) is 0. The van der Waals surface area contributed by atoms with Crippen LogP contribution in [0.3, 0.4) is 0 Å². The van der Waals surface area contributed by atoms with Crippen molar-refractivity contribution < 1.29 is 95.3 Å². The number of phosphoric ester groups is 1. The summed E-state index contributed by atoms with van der Waals surface area (Å²) in [7, 11) is -8.06. The maximum atomic E-state index is 11.5. The third-order valence-electron chi connectivity index (χ3n) is 7.95. The molecule has 0 radical (unpaired) electrons. The number of rotatable bonds is 33. The molecule has 0 bridgehead atoms. The van der Waals surface area contributed by atoms with E-state index in [1.165, 1.54) is 122 Å². The topological polar surface area (TPSA) is 128 Å². The van der Waals surface area contributed by atoms with E-state index in [9.17, 15) is 22.4 Å². The minimum Gasteiger partial charge on any atom is -0.756 e. The molecule has 1 aliphatic heterocycles. The molecule has 0 aliphatic carbocycles. The largest absolute Gasteiger partial charge is 1.00 e. The first-order valence-corrected chi connectivity index (χ1v) is 22.3. The monoisotopic (exact) mass is 744 g/mol. The maximum absolute atomic E-state index is 11.5. The van der Waals surface area contributed by atoms with E-state index in [4.69, 9.17) is 9.05 Å². The SMILES string of the molecule is C1CO1.CCCCCCCCCCCCCCCCCCS(=O)(=O)[O-].CCCCCCCCOP(=O)([O-])OCCCCCCCC.[Na+].[Na+]. The van der Waals surface area contributed by atoms with Crippen LogP contribution in [0.4, 0.5) is 0 Å². The summed E-state index contributed by atoms with van der Waals surface area (Å²) in [6.07, 6.45) is 33.4. The van der Waals surface area contributed by atoms with Crippen LogP contribution in [0, 0.1) is 0 Å². The van der Waals surface area contributed by atoms with Crippen molar-refractivity contribution in [3.8, 4) is 0 Å². The molecule has 280 valence electrons. The van der Waals surface area contributed by atoms with Gasteiger partial charge in [-0.1, -0.05) is 181 Å². The van der Waals surface area contributed by atoms with Crippen LogP contribution in [0.15, 0.2) is 0 Å². The summed E-state index contributed by atoms with van der Waals surface area (Å²) in [6, 6.07) is 0. The predicted molar refractivity (Wildman–Crippen MR) is 191 cm³/mol. The molecule has 1 heterocycles. The first kappa shape index (κ1) is 56.7. The van der Waals surface area contributed by atoms with Crippen LogP contribution in [0.1, 0.15) is 201 Å². The molecule has 1 rings (SSSR count). The molecule has 48 heavy (non-hydrogen) atoms. The zero-order valence-corrected chi connectivity index (χ0v) is 38.2. The van der Waals surface area contributed by atoms with E-state index >= 15 is 0 Å². The molecule has 0 amide bonds. The summed E-state index contributed by atoms with van der Waals surface area (Å²) >= 11 is 0. The van der Waals surface area contributed by atoms with Gasteiger partial charge in [0.25, 0.3) is 7.82 Å². The Labute approximate surface area is 343 Å². The second-order valence-corrected chi connectivity index (χ2v) is 15.8. The maximum Gasteiger partial charge on any atom is 1.00 e. The number of unbranched alkanes of at least 4 members (excludes halogenated alkanes) is 25. The van der Waals surface area contributed by atoms with Crippen molar-refractivity contribution in [3.05, 3.63) is 0 Å². The van der Waals surface area contributed by atoms with Gasteiger partial charge in [0.15, 0.2) is 0 Å². The van der Waals surface area contributed by atoms with Gasteiger partial charge in [-0.3, -0.25) is 4.57 Å². The summed E-state index contributed by atoms with van der Waals surface area (Å²) in [5.74, 6) is -0.189. The molecule has 12 heteroatoms. The molecule has 0 aromatic carbocycles. The normalized spacial score (nSPS) is 12.2. The van der Waals surface area contributed by atoms with Gasteiger partial charge in [-0.25, -0.2) is 8.42 Å². The van der Waals surface area contributed by atoms with Gasteiger partial charge in [0.2, 0.25) is 0 Å². The third-order valence-corrected chi connectivity index (χ3v) is 9.73. The van der Waals surface area contributed by atoms with Crippen molar-refractivity contribution >= 4 is 17.9 Å². The average Bonchev–Trinajstić information content (AvgIpc) is 3.90. The molecule has 1 fully saturated rings. The molecule has 0 spiro atoms. The minimum absolute atomic E-state index is 0. The van der Waals surface area contributed by atoms with Gasteiger partial charge in [-0.05, 0) is 19.3 Å². The molecule has 0 aromatic heterocycles. The zero-order chi connectivity index (χ0) is 34.5. The van der Waals surface area contributed by atoms with Gasteiger partial charge in [0.1, 0.15) is 0 Å². The van der Waals surface area contributed by atoms with Crippen LogP contribution in [0.5, 0.6) is 0 Å². The van der Waals surface area contributed by atoms with E-state index in [1.807, 2.05) is 0 Å². The van der Waals surface area contributed by atoms with Crippen LogP contribution < -0.4 is 64.0 Å². The van der Waals surface area contributed by atoms with E-state index in [-0.39, 0.29) is 78.1 Å². The first-order valence-electron chi connectivity index (χ1n) is 19.3. The summed E-state index contributed by atoms with van der Waals surface area (Å²) in [5, 5.41) is 0. The van der Waals surface area contributed by atoms with E-state index in [1.54, 1.807) is 0 Å². The number of ether oxygens (including phenoxy) is 1. The van der Waals surface area contributed by atoms with Crippen molar-refractivity contribution in [2.24, 2.45) is 0 Å². The molecule has 1 saturated heterocycles. The Hall–Kier alpha value is 1.98. The molecule has 0 saturated carbocycles. The van der Waals surface area contributed by atoms with E-state index in [2.05, 4.69) is 25.5 Å². The van der Waals surface area contributed by atoms with Crippen molar-refractivity contribution in [1.29, 1.82) is 0 Å². The average molecular weight is 745 g/mol. The molecule has 1 aliphatic rings. The number of phosphoric acid groups is 1. The van der Waals surface area contributed by atoms with Crippen LogP contribution in [0.25, 0.3) is 0 Å². The standard InChI is InChI=1S/C18H38O3S.C16H35O4P.C2H4O.2Na/c1-2-3-4-5-6-7-8-9-10-11-12-13-14-15-16-17-18-22(19,20)21;1-3-5-7-9-11-13-15-19-21(17,18)20-16-14-12-10-8-6-4-2;1-2-3-1;;/h2-18H2,1H3,(H,19,20,21);3-16H2,1-2H3,(H,17,18);1-2H2;;/q;;;2*+1/p-2. The molecular weight excluding hydrogens is 669 g/mol. The second kappa shape index (κ2) is 45.1. The zero-order valence-electron chi connectivity index (χ0n) is 32.5. The second-order valence-electron chi connectivity index (χ2n) is 12.8. The molecular formula is C36H75Na2O8PS. The Morgan fingerprint density at radius 1 is 0.500 bits per heavy atom. The summed E-state index contributed by atoms with van der Waals surface area (Å²) in [6.45, 7) is 9.12. The van der Waals surface area contributed by atoms with Crippen LogP contribution >= 0.6 is 7.82 Å². The van der Waals surface area contributed by atoms with E-state index in [0.29, 0.717) is 6.42 Å². The molecule has 0 atom stereocenters. The smallest absolute Gasteiger partial charge is 0.756 e. The Morgan fingerprint density at radius 3 is 0.958 bits per heavy atom. The fourth-order valence-electron chi connectivity index (χ4n) is 4.98. The number of hydrogen-bond acceptors (Lipinski definition) is 8. The van der Waals surface area contributed by atoms with Gasteiger partial charge in [0.05, 0.1) is 36.5 Å². The molecule has 0 unspecified atom stereocenters. The van der Waals surface area contributed by atoms with E-state index < -0.39 is 17.9 Å². The molecule has 0 aromatic rings. The van der Waals surface area contributed by atoms with Gasteiger partial charge in [0, 0.05) is 5.75 Å². The van der Waals surface area contributed by atoms with Crippen molar-refractivity contribution in [1.82, 2.24) is 0 Å². The van der Waals surface area contributed by atoms with Crippen LogP contribution in [-0.4, -0.2) is 45.2 Å². The quantitative estimate of drug-likeness (QED) is 0.0301. The van der Waals surface area contributed by atoms with Gasteiger partial charge >= 0.3 is 59.1 Å². The Balaban J connectivity index is -0.000000355. The van der Waals surface area contributed by atoms with Crippen molar-refractivity contribution in [3.63, 3.8) is 0 Å².